The first-order valence-corrected chi connectivity index (χ1v) is 9.26. The van der Waals surface area contributed by atoms with E-state index < -0.39 is 10.0 Å². The summed E-state index contributed by atoms with van der Waals surface area (Å²) < 4.78 is 29.6. The topological polar surface area (TPSA) is 67.2 Å². The zero-order chi connectivity index (χ0) is 16.4. The zero-order valence-electron chi connectivity index (χ0n) is 13.8. The van der Waals surface area contributed by atoms with E-state index in [0.29, 0.717) is 24.5 Å². The third-order valence-corrected chi connectivity index (χ3v) is 6.21. The molecule has 0 amide bonds. The third-order valence-electron chi connectivity index (χ3n) is 4.29. The lowest BCUT2D eigenvalue weighted by atomic mass is 10.2. The summed E-state index contributed by atoms with van der Waals surface area (Å²) in [5, 5.41) is 3.26. The van der Waals surface area contributed by atoms with E-state index in [2.05, 4.69) is 17.2 Å². The van der Waals surface area contributed by atoms with Gasteiger partial charge in [0.15, 0.2) is 0 Å². The van der Waals surface area contributed by atoms with Gasteiger partial charge in [-0.25, -0.2) is 13.4 Å². The van der Waals surface area contributed by atoms with Crippen molar-refractivity contribution < 1.29 is 8.42 Å². The Kier molecular flexibility index (Phi) is 6.03. The quantitative estimate of drug-likeness (QED) is 0.890. The molecule has 0 radical (unpaired) electrons. The summed E-state index contributed by atoms with van der Waals surface area (Å²) in [6, 6.07) is 6.87. The second-order valence-corrected chi connectivity index (χ2v) is 7.62. The number of rotatable bonds is 4. The Morgan fingerprint density at radius 2 is 2.00 bits per heavy atom. The highest BCUT2D eigenvalue weighted by Crippen LogP contribution is 2.28. The van der Waals surface area contributed by atoms with Gasteiger partial charge in [0.25, 0.3) is 0 Å². The van der Waals surface area contributed by atoms with Crippen LogP contribution in [0.1, 0.15) is 24.4 Å². The molecule has 0 saturated carbocycles. The SMILES string of the molecule is CCc1ccc(S(=O)(=O)N2CCNCC2c2nccn2C)cc1.Cl. The van der Waals surface area contributed by atoms with Gasteiger partial charge < -0.3 is 9.88 Å². The lowest BCUT2D eigenvalue weighted by molar-refractivity contribution is 0.258. The Morgan fingerprint density at radius 3 is 2.58 bits per heavy atom. The fourth-order valence-corrected chi connectivity index (χ4v) is 4.51. The molecule has 2 heterocycles. The van der Waals surface area contributed by atoms with Gasteiger partial charge in [-0.05, 0) is 24.1 Å². The number of hydrogen-bond donors (Lipinski definition) is 1. The predicted octanol–water partition coefficient (Wildman–Crippen LogP) is 1.74. The summed E-state index contributed by atoms with van der Waals surface area (Å²) in [6.07, 6.45) is 4.43. The van der Waals surface area contributed by atoms with Crippen LogP contribution in [0.3, 0.4) is 0 Å². The van der Waals surface area contributed by atoms with Crippen LogP contribution in [0.4, 0.5) is 0 Å². The second kappa shape index (κ2) is 7.65. The lowest BCUT2D eigenvalue weighted by Crippen LogP contribution is -2.49. The van der Waals surface area contributed by atoms with E-state index in [0.717, 1.165) is 17.8 Å². The predicted molar refractivity (Wildman–Crippen MR) is 95.8 cm³/mol. The van der Waals surface area contributed by atoms with Gasteiger partial charge in [0.05, 0.1) is 10.9 Å². The Balaban J connectivity index is 0.00000208. The van der Waals surface area contributed by atoms with Crippen molar-refractivity contribution in [2.75, 3.05) is 19.6 Å². The highest BCUT2D eigenvalue weighted by atomic mass is 35.5. The molecule has 1 saturated heterocycles. The summed E-state index contributed by atoms with van der Waals surface area (Å²) >= 11 is 0. The smallest absolute Gasteiger partial charge is 0.243 e. The number of halogens is 1. The Labute approximate surface area is 149 Å². The Morgan fingerprint density at radius 1 is 1.29 bits per heavy atom. The van der Waals surface area contributed by atoms with Crippen molar-refractivity contribution in [3.05, 3.63) is 48.0 Å². The minimum absolute atomic E-state index is 0. The van der Waals surface area contributed by atoms with E-state index in [1.165, 1.54) is 0 Å². The molecular formula is C16H23ClN4O2S. The van der Waals surface area contributed by atoms with Crippen LogP contribution in [-0.2, 0) is 23.5 Å². The number of benzene rings is 1. The molecule has 0 aliphatic carbocycles. The minimum Gasteiger partial charge on any atom is -0.337 e. The summed E-state index contributed by atoms with van der Waals surface area (Å²) in [7, 11) is -1.65. The number of aromatic nitrogens is 2. The van der Waals surface area contributed by atoms with Crippen LogP contribution >= 0.6 is 12.4 Å². The van der Waals surface area contributed by atoms with Gasteiger partial charge in [-0.2, -0.15) is 4.31 Å². The van der Waals surface area contributed by atoms with Crippen molar-refractivity contribution in [1.82, 2.24) is 19.2 Å². The second-order valence-electron chi connectivity index (χ2n) is 5.73. The summed E-state index contributed by atoms with van der Waals surface area (Å²) in [4.78, 5) is 4.68. The van der Waals surface area contributed by atoms with Crippen LogP contribution in [0.25, 0.3) is 0 Å². The molecule has 0 bridgehead atoms. The maximum Gasteiger partial charge on any atom is 0.243 e. The monoisotopic (exact) mass is 370 g/mol. The normalized spacial score (nSPS) is 19.0. The van der Waals surface area contributed by atoms with E-state index in [1.54, 1.807) is 22.6 Å². The molecule has 1 unspecified atom stereocenters. The van der Waals surface area contributed by atoms with Crippen molar-refractivity contribution in [1.29, 1.82) is 0 Å². The molecule has 1 N–H and O–H groups in total. The maximum absolute atomic E-state index is 13.1. The standard InChI is InChI=1S/C16H22N4O2S.ClH/c1-3-13-4-6-14(7-5-13)23(21,22)20-11-8-17-12-15(20)16-18-9-10-19(16)2;/h4-7,9-10,15,17H,3,8,11-12H2,1-2H3;1H. The van der Waals surface area contributed by atoms with Gasteiger partial charge in [0, 0.05) is 39.1 Å². The van der Waals surface area contributed by atoms with Crippen molar-refractivity contribution in [2.45, 2.75) is 24.3 Å². The van der Waals surface area contributed by atoms with Crippen molar-refractivity contribution in [3.8, 4) is 0 Å². The Hall–Kier alpha value is -1.41. The molecule has 0 spiro atoms. The fourth-order valence-electron chi connectivity index (χ4n) is 2.92. The lowest BCUT2D eigenvalue weighted by Gasteiger charge is -2.34. The number of nitrogens with zero attached hydrogens (tertiary/aromatic N) is 3. The van der Waals surface area contributed by atoms with Gasteiger partial charge in [-0.1, -0.05) is 19.1 Å². The van der Waals surface area contributed by atoms with E-state index in [-0.39, 0.29) is 18.4 Å². The molecular weight excluding hydrogens is 348 g/mol. The average Bonchev–Trinajstić information content (AvgIpc) is 3.01. The van der Waals surface area contributed by atoms with E-state index in [1.807, 2.05) is 29.9 Å². The molecule has 6 nitrogen and oxygen atoms in total. The highest BCUT2D eigenvalue weighted by Gasteiger charge is 2.36. The van der Waals surface area contributed by atoms with Gasteiger partial charge in [-0.15, -0.1) is 12.4 Å². The van der Waals surface area contributed by atoms with Crippen LogP contribution in [0.2, 0.25) is 0 Å². The molecule has 3 rings (SSSR count). The highest BCUT2D eigenvalue weighted by molar-refractivity contribution is 7.89. The number of nitrogens with one attached hydrogen (secondary N) is 1. The van der Waals surface area contributed by atoms with Gasteiger partial charge in [-0.3, -0.25) is 0 Å². The van der Waals surface area contributed by atoms with Crippen LogP contribution in [0.15, 0.2) is 41.6 Å². The summed E-state index contributed by atoms with van der Waals surface area (Å²) in [5.74, 6) is 0.756. The Bertz CT molecular complexity index is 774. The van der Waals surface area contributed by atoms with Crippen molar-refractivity contribution in [2.24, 2.45) is 7.05 Å². The van der Waals surface area contributed by atoms with Crippen LogP contribution < -0.4 is 5.32 Å². The first kappa shape index (κ1) is 18.9. The molecule has 132 valence electrons. The molecule has 1 aromatic heterocycles. The zero-order valence-corrected chi connectivity index (χ0v) is 15.5. The van der Waals surface area contributed by atoms with E-state index in [9.17, 15) is 8.42 Å². The number of sulfonamides is 1. The first-order chi connectivity index (χ1) is 11.0. The molecule has 1 aromatic carbocycles. The number of hydrogen-bond acceptors (Lipinski definition) is 4. The van der Waals surface area contributed by atoms with Gasteiger partial charge in [0.1, 0.15) is 5.82 Å². The molecule has 2 aromatic rings. The molecule has 1 atom stereocenters. The average molecular weight is 371 g/mol. The van der Waals surface area contributed by atoms with Gasteiger partial charge in [0.2, 0.25) is 10.0 Å². The number of piperazine rings is 1. The third kappa shape index (κ3) is 3.49. The first-order valence-electron chi connectivity index (χ1n) is 7.82. The van der Waals surface area contributed by atoms with Crippen LogP contribution in [0.5, 0.6) is 0 Å². The molecule has 1 aliphatic rings. The molecule has 8 heteroatoms. The number of imidazole rings is 1. The summed E-state index contributed by atoms with van der Waals surface area (Å²) in [5.41, 5.74) is 1.13. The van der Waals surface area contributed by atoms with E-state index in [4.69, 9.17) is 0 Å². The van der Waals surface area contributed by atoms with Gasteiger partial charge >= 0.3 is 0 Å². The minimum atomic E-state index is -3.54. The molecule has 1 fully saturated rings. The van der Waals surface area contributed by atoms with Crippen LogP contribution in [-0.4, -0.2) is 41.9 Å². The van der Waals surface area contributed by atoms with Crippen LogP contribution in [0, 0.1) is 0 Å². The maximum atomic E-state index is 13.1. The largest absolute Gasteiger partial charge is 0.337 e. The fraction of sp³-hybridized carbons (Fsp3) is 0.438. The van der Waals surface area contributed by atoms with Crippen molar-refractivity contribution >= 4 is 22.4 Å². The summed E-state index contributed by atoms with van der Waals surface area (Å²) in [6.45, 7) is 3.70. The molecule has 1 aliphatic heterocycles. The molecule has 24 heavy (non-hydrogen) atoms. The van der Waals surface area contributed by atoms with E-state index >= 15 is 0 Å². The van der Waals surface area contributed by atoms with Crippen molar-refractivity contribution in [3.63, 3.8) is 0 Å². The number of aryl methyl sites for hydroxylation is 2.